The molecule has 0 aliphatic carbocycles. The maximum atomic E-state index is 10.4. The van der Waals surface area contributed by atoms with Crippen LogP contribution in [0.5, 0.6) is 0 Å². The second-order valence-electron chi connectivity index (χ2n) is 1.99. The summed E-state index contributed by atoms with van der Waals surface area (Å²) >= 11 is 0. The van der Waals surface area contributed by atoms with Crippen LogP contribution in [0.4, 0.5) is 0 Å². The summed E-state index contributed by atoms with van der Waals surface area (Å²) < 4.78 is 35.2. The molecule has 6 heteroatoms. The lowest BCUT2D eigenvalue weighted by atomic mass is 10.5. The van der Waals surface area contributed by atoms with Crippen LogP contribution in [-0.2, 0) is 15.0 Å². The van der Waals surface area contributed by atoms with E-state index in [1.807, 2.05) is 0 Å². The van der Waals surface area contributed by atoms with Gasteiger partial charge in [0.05, 0.1) is 13.2 Å². The third-order valence-electron chi connectivity index (χ3n) is 1.30. The molecule has 1 rings (SSSR count). The van der Waals surface area contributed by atoms with Crippen LogP contribution in [0.15, 0.2) is 0 Å². The van der Waals surface area contributed by atoms with Crippen molar-refractivity contribution in [2.24, 2.45) is 0 Å². The van der Waals surface area contributed by atoms with E-state index in [1.54, 1.807) is 0 Å². The van der Waals surface area contributed by atoms with Crippen LogP contribution in [0.25, 0.3) is 0 Å². The van der Waals surface area contributed by atoms with Gasteiger partial charge in [-0.1, -0.05) is 0 Å². The van der Waals surface area contributed by atoms with Crippen molar-refractivity contribution in [3.63, 3.8) is 0 Å². The van der Waals surface area contributed by atoms with Crippen molar-refractivity contribution in [2.75, 3.05) is 26.3 Å². The third-order valence-corrected chi connectivity index (χ3v) is 2.31. The quantitative estimate of drug-likeness (QED) is 0.515. The van der Waals surface area contributed by atoms with Gasteiger partial charge < -0.3 is 4.74 Å². The van der Waals surface area contributed by atoms with Gasteiger partial charge in [-0.2, -0.15) is 12.7 Å². The maximum Gasteiger partial charge on any atom is 0.336 e. The van der Waals surface area contributed by atoms with Gasteiger partial charge in [0, 0.05) is 13.1 Å². The van der Waals surface area contributed by atoms with Crippen molar-refractivity contribution in [1.82, 2.24) is 4.31 Å². The second kappa shape index (κ2) is 2.83. The van der Waals surface area contributed by atoms with Crippen molar-refractivity contribution in [2.45, 2.75) is 0 Å². The Morgan fingerprint density at radius 2 is 1.80 bits per heavy atom. The fourth-order valence-corrected chi connectivity index (χ4v) is 1.39. The molecule has 1 fully saturated rings. The molecular formula is C4H9NO4S. The molecule has 0 amide bonds. The number of hydrogen-bond donors (Lipinski definition) is 1. The van der Waals surface area contributed by atoms with Crippen LogP contribution in [0.1, 0.15) is 0 Å². The molecule has 0 aromatic heterocycles. The van der Waals surface area contributed by atoms with Gasteiger partial charge in [-0.25, -0.2) is 0 Å². The molecule has 0 spiro atoms. The largest absolute Gasteiger partial charge is 0.379 e. The fraction of sp³-hybridized carbons (Fsp3) is 1.00. The minimum Gasteiger partial charge on any atom is -0.379 e. The second-order valence-corrected chi connectivity index (χ2v) is 3.40. The highest BCUT2D eigenvalue weighted by molar-refractivity contribution is 7.83. The molecule has 10 heavy (non-hydrogen) atoms. The van der Waals surface area contributed by atoms with Crippen LogP contribution >= 0.6 is 0 Å². The molecule has 1 heterocycles. The fourth-order valence-electron chi connectivity index (χ4n) is 0.777. The van der Waals surface area contributed by atoms with E-state index >= 15 is 0 Å². The molecule has 1 N–H and O–H groups in total. The summed E-state index contributed by atoms with van der Waals surface area (Å²) in [6.07, 6.45) is 0. The van der Waals surface area contributed by atoms with Crippen LogP contribution in [-0.4, -0.2) is 43.6 Å². The summed E-state index contributed by atoms with van der Waals surface area (Å²) in [7, 11) is -3.97. The van der Waals surface area contributed by atoms with Gasteiger partial charge in [-0.05, 0) is 0 Å². The summed E-state index contributed by atoms with van der Waals surface area (Å²) in [5.74, 6) is 0. The lowest BCUT2D eigenvalue weighted by molar-refractivity contribution is 0.0693. The van der Waals surface area contributed by atoms with E-state index < -0.39 is 10.3 Å². The van der Waals surface area contributed by atoms with Gasteiger partial charge >= 0.3 is 10.3 Å². The topological polar surface area (TPSA) is 66.8 Å². The average Bonchev–Trinajstić information content (AvgIpc) is 1.88. The van der Waals surface area contributed by atoms with E-state index in [2.05, 4.69) is 0 Å². The zero-order valence-corrected chi connectivity index (χ0v) is 6.17. The standard InChI is InChI=1S/C4H9NO4S/c6-10(7,8)5-1-3-9-4-2-5/h1-4H2,(H,6,7,8). The first-order chi connectivity index (χ1) is 4.61. The molecule has 0 saturated carbocycles. The minimum absolute atomic E-state index is 0.249. The molecule has 0 bridgehead atoms. The lowest BCUT2D eigenvalue weighted by Gasteiger charge is -2.22. The highest BCUT2D eigenvalue weighted by Crippen LogP contribution is 2.00. The van der Waals surface area contributed by atoms with Crippen molar-refractivity contribution in [3.8, 4) is 0 Å². The summed E-state index contributed by atoms with van der Waals surface area (Å²) in [6, 6.07) is 0. The number of morpholine rings is 1. The first-order valence-corrected chi connectivity index (χ1v) is 4.31. The smallest absolute Gasteiger partial charge is 0.336 e. The van der Waals surface area contributed by atoms with Gasteiger partial charge in [0.2, 0.25) is 0 Å². The SMILES string of the molecule is O=S(=O)(O)N1CCOCC1. The molecule has 1 aliphatic rings. The summed E-state index contributed by atoms with van der Waals surface area (Å²) in [5.41, 5.74) is 0. The summed E-state index contributed by atoms with van der Waals surface area (Å²) in [5, 5.41) is 0. The lowest BCUT2D eigenvalue weighted by Crippen LogP contribution is -2.40. The average molecular weight is 167 g/mol. The zero-order chi connectivity index (χ0) is 7.61. The molecule has 0 unspecified atom stereocenters. The Hall–Kier alpha value is -0.170. The third kappa shape index (κ3) is 1.91. The van der Waals surface area contributed by atoms with Gasteiger partial charge in [-0.3, -0.25) is 4.55 Å². The Balaban J connectivity index is 2.56. The van der Waals surface area contributed by atoms with Crippen molar-refractivity contribution >= 4 is 10.3 Å². The van der Waals surface area contributed by atoms with E-state index in [0.29, 0.717) is 13.2 Å². The molecule has 0 atom stereocenters. The maximum absolute atomic E-state index is 10.4. The highest BCUT2D eigenvalue weighted by atomic mass is 32.2. The van der Waals surface area contributed by atoms with Crippen LogP contribution in [0, 0.1) is 0 Å². The Labute approximate surface area is 59.5 Å². The molecule has 1 saturated heterocycles. The Kier molecular flexibility index (Phi) is 2.24. The number of hydrogen-bond acceptors (Lipinski definition) is 3. The van der Waals surface area contributed by atoms with E-state index in [0.717, 1.165) is 4.31 Å². The molecule has 60 valence electrons. The van der Waals surface area contributed by atoms with E-state index in [1.165, 1.54) is 0 Å². The van der Waals surface area contributed by atoms with Gasteiger partial charge in [0.25, 0.3) is 0 Å². The summed E-state index contributed by atoms with van der Waals surface area (Å²) in [4.78, 5) is 0. The molecule has 0 aromatic carbocycles. The van der Waals surface area contributed by atoms with E-state index in [4.69, 9.17) is 9.29 Å². The zero-order valence-electron chi connectivity index (χ0n) is 5.36. The van der Waals surface area contributed by atoms with Gasteiger partial charge in [-0.15, -0.1) is 0 Å². The van der Waals surface area contributed by atoms with Crippen LogP contribution < -0.4 is 0 Å². The van der Waals surface area contributed by atoms with E-state index in [9.17, 15) is 8.42 Å². The first-order valence-electron chi connectivity index (χ1n) is 2.91. The monoisotopic (exact) mass is 167 g/mol. The molecule has 0 aromatic rings. The number of rotatable bonds is 1. The van der Waals surface area contributed by atoms with E-state index in [-0.39, 0.29) is 13.1 Å². The predicted octanol–water partition coefficient (Wildman–Crippen LogP) is -0.879. The number of ether oxygens (including phenoxy) is 1. The van der Waals surface area contributed by atoms with Crippen LogP contribution in [0.3, 0.4) is 0 Å². The van der Waals surface area contributed by atoms with Gasteiger partial charge in [0.15, 0.2) is 0 Å². The minimum atomic E-state index is -3.97. The normalized spacial score (nSPS) is 22.9. The van der Waals surface area contributed by atoms with Gasteiger partial charge in [0.1, 0.15) is 0 Å². The molecule has 0 radical (unpaired) electrons. The molecular weight excluding hydrogens is 158 g/mol. The first kappa shape index (κ1) is 7.93. The molecule has 1 aliphatic heterocycles. The van der Waals surface area contributed by atoms with Crippen molar-refractivity contribution in [3.05, 3.63) is 0 Å². The van der Waals surface area contributed by atoms with Crippen molar-refractivity contribution < 1.29 is 17.7 Å². The summed E-state index contributed by atoms with van der Waals surface area (Å²) in [6.45, 7) is 1.22. The molecule has 5 nitrogen and oxygen atoms in total. The Morgan fingerprint density at radius 1 is 1.30 bits per heavy atom. The Morgan fingerprint density at radius 3 is 2.10 bits per heavy atom. The van der Waals surface area contributed by atoms with Crippen molar-refractivity contribution in [1.29, 1.82) is 0 Å². The predicted molar refractivity (Wildman–Crippen MR) is 33.9 cm³/mol. The van der Waals surface area contributed by atoms with Crippen LogP contribution in [0.2, 0.25) is 0 Å². The Bertz CT molecular complexity index is 193. The highest BCUT2D eigenvalue weighted by Gasteiger charge is 2.20. The number of nitrogens with zero attached hydrogens (tertiary/aromatic N) is 1.